The predicted molar refractivity (Wildman–Crippen MR) is 54.4 cm³/mol. The van der Waals surface area contributed by atoms with E-state index in [9.17, 15) is 4.79 Å². The molecule has 0 unspecified atom stereocenters. The molecule has 16 heavy (non-hydrogen) atoms. The van der Waals surface area contributed by atoms with Gasteiger partial charge in [0.15, 0.2) is 11.3 Å². The number of aromatic carboxylic acids is 1. The van der Waals surface area contributed by atoms with Gasteiger partial charge in [-0.05, 0) is 12.1 Å². The number of carboxylic acids is 1. The summed E-state index contributed by atoms with van der Waals surface area (Å²) in [5, 5.41) is 18.1. The molecule has 0 amide bonds. The number of methoxy groups -OCH3 is 1. The van der Waals surface area contributed by atoms with Crippen molar-refractivity contribution in [3.8, 4) is 11.8 Å². The monoisotopic (exact) mass is 217 g/mol. The number of ether oxygens (including phenoxy) is 1. The van der Waals surface area contributed by atoms with Crippen LogP contribution in [0.4, 0.5) is 0 Å². The molecule has 0 saturated carbocycles. The zero-order chi connectivity index (χ0) is 11.7. The second-order valence-electron chi connectivity index (χ2n) is 3.12. The van der Waals surface area contributed by atoms with Crippen molar-refractivity contribution in [2.24, 2.45) is 0 Å². The maximum Gasteiger partial charge on any atom is 0.371 e. The fraction of sp³-hybridized carbons (Fsp3) is 0.0909. The van der Waals surface area contributed by atoms with E-state index >= 15 is 0 Å². The minimum absolute atomic E-state index is 0.177. The van der Waals surface area contributed by atoms with Gasteiger partial charge in [0.2, 0.25) is 5.76 Å². The lowest BCUT2D eigenvalue weighted by Gasteiger charge is -2.00. The molecule has 0 fully saturated rings. The van der Waals surface area contributed by atoms with Crippen LogP contribution in [0.15, 0.2) is 22.6 Å². The van der Waals surface area contributed by atoms with Gasteiger partial charge in [-0.2, -0.15) is 5.26 Å². The first-order valence-corrected chi connectivity index (χ1v) is 4.40. The number of carbonyl (C=O) groups is 1. The summed E-state index contributed by atoms with van der Waals surface area (Å²) in [5.41, 5.74) is 0.723. The maximum absolute atomic E-state index is 10.7. The normalized spacial score (nSPS) is 10.0. The number of rotatable bonds is 2. The highest BCUT2D eigenvalue weighted by atomic mass is 16.5. The van der Waals surface area contributed by atoms with Crippen LogP contribution in [0.25, 0.3) is 11.0 Å². The number of hydrogen-bond acceptors (Lipinski definition) is 4. The van der Waals surface area contributed by atoms with E-state index in [4.69, 9.17) is 19.5 Å². The summed E-state index contributed by atoms with van der Waals surface area (Å²) < 4.78 is 10.1. The Labute approximate surface area is 90.5 Å². The van der Waals surface area contributed by atoms with Gasteiger partial charge in [-0.1, -0.05) is 0 Å². The van der Waals surface area contributed by atoms with Gasteiger partial charge in [0.05, 0.1) is 18.7 Å². The third kappa shape index (κ3) is 1.46. The number of furan rings is 1. The molecular weight excluding hydrogens is 210 g/mol. The van der Waals surface area contributed by atoms with Crippen LogP contribution >= 0.6 is 0 Å². The van der Waals surface area contributed by atoms with Crippen molar-refractivity contribution in [2.45, 2.75) is 0 Å². The largest absolute Gasteiger partial charge is 0.493 e. The first kappa shape index (κ1) is 10.1. The van der Waals surface area contributed by atoms with Gasteiger partial charge in [0.25, 0.3) is 0 Å². The molecule has 5 nitrogen and oxygen atoms in total. The van der Waals surface area contributed by atoms with Crippen molar-refractivity contribution in [1.29, 1.82) is 5.26 Å². The Kier molecular flexibility index (Phi) is 2.25. The van der Waals surface area contributed by atoms with Crippen LogP contribution in [0.2, 0.25) is 0 Å². The fourth-order valence-corrected chi connectivity index (χ4v) is 1.44. The Morgan fingerprint density at radius 3 is 2.81 bits per heavy atom. The van der Waals surface area contributed by atoms with Gasteiger partial charge in [0.1, 0.15) is 0 Å². The topological polar surface area (TPSA) is 83.5 Å². The Hall–Kier alpha value is -2.48. The number of carboxylic acid groups (broad SMARTS) is 1. The Morgan fingerprint density at radius 2 is 2.25 bits per heavy atom. The molecule has 0 aliphatic carbocycles. The quantitative estimate of drug-likeness (QED) is 0.831. The molecule has 80 valence electrons. The second kappa shape index (κ2) is 3.59. The minimum atomic E-state index is -1.16. The van der Waals surface area contributed by atoms with Crippen molar-refractivity contribution in [2.75, 3.05) is 7.11 Å². The molecule has 0 aliphatic heterocycles. The highest BCUT2D eigenvalue weighted by Crippen LogP contribution is 2.30. The van der Waals surface area contributed by atoms with Crippen molar-refractivity contribution in [3.05, 3.63) is 29.5 Å². The average molecular weight is 217 g/mol. The number of nitriles is 1. The molecule has 1 N–H and O–H groups in total. The van der Waals surface area contributed by atoms with E-state index in [1.165, 1.54) is 19.2 Å². The van der Waals surface area contributed by atoms with Crippen LogP contribution in [-0.4, -0.2) is 18.2 Å². The van der Waals surface area contributed by atoms with Crippen LogP contribution in [0, 0.1) is 11.3 Å². The Morgan fingerprint density at radius 1 is 1.50 bits per heavy atom. The van der Waals surface area contributed by atoms with E-state index < -0.39 is 5.97 Å². The molecule has 5 heteroatoms. The van der Waals surface area contributed by atoms with Crippen LogP contribution in [0.1, 0.15) is 16.1 Å². The third-order valence-electron chi connectivity index (χ3n) is 2.14. The highest BCUT2D eigenvalue weighted by molar-refractivity contribution is 5.94. The van der Waals surface area contributed by atoms with Gasteiger partial charge in [-0.25, -0.2) is 4.79 Å². The van der Waals surface area contributed by atoms with E-state index in [2.05, 4.69) is 0 Å². The third-order valence-corrected chi connectivity index (χ3v) is 2.14. The van der Waals surface area contributed by atoms with E-state index in [0.29, 0.717) is 22.3 Å². The number of fused-ring (bicyclic) bond motifs is 1. The van der Waals surface area contributed by atoms with Gasteiger partial charge >= 0.3 is 5.97 Å². The molecule has 1 heterocycles. The summed E-state index contributed by atoms with van der Waals surface area (Å²) in [4.78, 5) is 10.7. The van der Waals surface area contributed by atoms with Gasteiger partial charge in [-0.15, -0.1) is 0 Å². The Balaban J connectivity index is 2.76. The van der Waals surface area contributed by atoms with Crippen LogP contribution < -0.4 is 4.74 Å². The van der Waals surface area contributed by atoms with Crippen molar-refractivity contribution < 1.29 is 19.1 Å². The highest BCUT2D eigenvalue weighted by Gasteiger charge is 2.14. The average Bonchev–Trinajstić information content (AvgIpc) is 2.71. The predicted octanol–water partition coefficient (Wildman–Crippen LogP) is 2.01. The lowest BCUT2D eigenvalue weighted by molar-refractivity contribution is 0.0665. The second-order valence-corrected chi connectivity index (χ2v) is 3.12. The molecule has 2 rings (SSSR count). The number of hydrogen-bond donors (Lipinski definition) is 1. The molecule has 1 aromatic heterocycles. The smallest absolute Gasteiger partial charge is 0.371 e. The Bertz CT molecular complexity index is 606. The summed E-state index contributed by atoms with van der Waals surface area (Å²) in [7, 11) is 1.43. The van der Waals surface area contributed by atoms with E-state index in [-0.39, 0.29) is 5.76 Å². The summed E-state index contributed by atoms with van der Waals surface area (Å²) in [6.45, 7) is 0. The van der Waals surface area contributed by atoms with E-state index in [1.807, 2.05) is 6.07 Å². The zero-order valence-corrected chi connectivity index (χ0v) is 8.35. The lowest BCUT2D eigenvalue weighted by atomic mass is 10.1. The summed E-state index contributed by atoms with van der Waals surface area (Å²) in [6, 6.07) is 6.37. The molecule has 0 radical (unpaired) electrons. The van der Waals surface area contributed by atoms with Gasteiger partial charge in [-0.3, -0.25) is 0 Å². The number of benzene rings is 1. The first-order valence-electron chi connectivity index (χ1n) is 4.40. The maximum atomic E-state index is 10.7. The summed E-state index contributed by atoms with van der Waals surface area (Å²) in [5.74, 6) is -0.985. The van der Waals surface area contributed by atoms with E-state index in [1.54, 1.807) is 6.07 Å². The molecular formula is C11H7NO4. The van der Waals surface area contributed by atoms with E-state index in [0.717, 1.165) is 0 Å². The lowest BCUT2D eigenvalue weighted by Crippen LogP contribution is -1.91. The minimum Gasteiger partial charge on any atom is -0.493 e. The number of nitrogens with zero attached hydrogens (tertiary/aromatic N) is 1. The SMILES string of the molecule is COc1cc(C#N)cc2cc(C(=O)O)oc12. The van der Waals surface area contributed by atoms with Crippen LogP contribution in [-0.2, 0) is 0 Å². The fourth-order valence-electron chi connectivity index (χ4n) is 1.44. The van der Waals surface area contributed by atoms with Crippen LogP contribution in [0.3, 0.4) is 0 Å². The van der Waals surface area contributed by atoms with Gasteiger partial charge < -0.3 is 14.3 Å². The standard InChI is InChI=1S/C11H7NO4/c1-15-8-3-6(5-12)2-7-4-9(11(13)14)16-10(7)8/h2-4H,1H3,(H,13,14). The van der Waals surface area contributed by atoms with Crippen molar-refractivity contribution >= 4 is 16.9 Å². The molecule has 2 aromatic rings. The van der Waals surface area contributed by atoms with Crippen molar-refractivity contribution in [1.82, 2.24) is 0 Å². The molecule has 1 aromatic carbocycles. The molecule has 0 spiro atoms. The first-order chi connectivity index (χ1) is 7.65. The zero-order valence-electron chi connectivity index (χ0n) is 8.35. The van der Waals surface area contributed by atoms with Crippen molar-refractivity contribution in [3.63, 3.8) is 0 Å². The summed E-state index contributed by atoms with van der Waals surface area (Å²) >= 11 is 0. The molecule has 0 atom stereocenters. The van der Waals surface area contributed by atoms with Crippen LogP contribution in [0.5, 0.6) is 5.75 Å². The molecule has 0 saturated heterocycles. The van der Waals surface area contributed by atoms with Gasteiger partial charge in [0, 0.05) is 11.5 Å². The summed E-state index contributed by atoms with van der Waals surface area (Å²) in [6.07, 6.45) is 0. The molecule has 0 bridgehead atoms. The molecule has 0 aliphatic rings.